The number of nitrogens with one attached hydrogen (secondary N) is 1. The molecular formula is C14H14F3NO3S2. The number of thiophene rings is 1. The molecule has 0 fully saturated rings. The molecule has 0 saturated heterocycles. The SMILES string of the molecule is Cc1ccsc1C(O)CNS(=O)(=O)c1ccc(C(F)(F)F)cc1. The smallest absolute Gasteiger partial charge is 0.386 e. The van der Waals surface area contributed by atoms with Gasteiger partial charge in [0.25, 0.3) is 0 Å². The number of aryl methyl sites for hydroxylation is 1. The molecule has 2 aromatic rings. The van der Waals surface area contributed by atoms with Crippen molar-refractivity contribution < 1.29 is 26.7 Å². The summed E-state index contributed by atoms with van der Waals surface area (Å²) in [6, 6.07) is 4.97. The van der Waals surface area contributed by atoms with Crippen LogP contribution in [0.15, 0.2) is 40.6 Å². The molecule has 2 N–H and O–H groups in total. The van der Waals surface area contributed by atoms with Crippen LogP contribution in [0.25, 0.3) is 0 Å². The standard InChI is InChI=1S/C14H14F3NO3S2/c1-9-6-7-22-13(9)12(19)8-18-23(20,21)11-4-2-10(3-5-11)14(15,16)17/h2-7,12,18-19H,8H2,1H3. The van der Waals surface area contributed by atoms with Crippen molar-refractivity contribution in [2.24, 2.45) is 0 Å². The Hall–Kier alpha value is -1.42. The largest absolute Gasteiger partial charge is 0.416 e. The van der Waals surface area contributed by atoms with Crippen LogP contribution in [0.3, 0.4) is 0 Å². The zero-order valence-corrected chi connectivity index (χ0v) is 13.6. The van der Waals surface area contributed by atoms with Crippen molar-refractivity contribution in [3.05, 3.63) is 51.7 Å². The van der Waals surface area contributed by atoms with Crippen molar-refractivity contribution >= 4 is 21.4 Å². The number of hydrogen-bond acceptors (Lipinski definition) is 4. The molecule has 23 heavy (non-hydrogen) atoms. The number of sulfonamides is 1. The Morgan fingerprint density at radius 1 is 1.22 bits per heavy atom. The summed E-state index contributed by atoms with van der Waals surface area (Å²) >= 11 is 1.30. The van der Waals surface area contributed by atoms with Gasteiger partial charge in [-0.2, -0.15) is 13.2 Å². The van der Waals surface area contributed by atoms with Gasteiger partial charge in [-0.05, 0) is 48.2 Å². The van der Waals surface area contributed by atoms with E-state index >= 15 is 0 Å². The average Bonchev–Trinajstić information content (AvgIpc) is 2.90. The first-order chi connectivity index (χ1) is 10.6. The highest BCUT2D eigenvalue weighted by molar-refractivity contribution is 7.89. The maximum Gasteiger partial charge on any atom is 0.416 e. The van der Waals surface area contributed by atoms with E-state index in [0.29, 0.717) is 17.0 Å². The molecule has 1 atom stereocenters. The van der Waals surface area contributed by atoms with E-state index < -0.39 is 27.9 Å². The van der Waals surface area contributed by atoms with Crippen LogP contribution in [0, 0.1) is 6.92 Å². The van der Waals surface area contributed by atoms with Gasteiger partial charge < -0.3 is 5.11 Å². The third kappa shape index (κ3) is 4.31. The highest BCUT2D eigenvalue weighted by Crippen LogP contribution is 2.29. The molecule has 0 bridgehead atoms. The Labute approximate surface area is 135 Å². The van der Waals surface area contributed by atoms with Crippen molar-refractivity contribution in [3.63, 3.8) is 0 Å². The van der Waals surface area contributed by atoms with Gasteiger partial charge in [0, 0.05) is 11.4 Å². The van der Waals surface area contributed by atoms with Gasteiger partial charge in [0.15, 0.2) is 0 Å². The summed E-state index contributed by atoms with van der Waals surface area (Å²) in [5, 5.41) is 11.8. The third-order valence-electron chi connectivity index (χ3n) is 3.16. The summed E-state index contributed by atoms with van der Waals surface area (Å²) in [4.78, 5) is 0.348. The van der Waals surface area contributed by atoms with Gasteiger partial charge >= 0.3 is 6.18 Å². The first-order valence-corrected chi connectivity index (χ1v) is 8.86. The van der Waals surface area contributed by atoms with Gasteiger partial charge in [-0.15, -0.1) is 11.3 Å². The molecule has 1 aromatic heterocycles. The van der Waals surface area contributed by atoms with Crippen LogP contribution in [-0.4, -0.2) is 20.1 Å². The van der Waals surface area contributed by atoms with Crippen LogP contribution >= 0.6 is 11.3 Å². The van der Waals surface area contributed by atoms with Crippen molar-refractivity contribution in [1.29, 1.82) is 0 Å². The summed E-state index contributed by atoms with van der Waals surface area (Å²) < 4.78 is 63.7. The maximum absolute atomic E-state index is 12.5. The molecule has 2 rings (SSSR count). The number of aliphatic hydroxyl groups excluding tert-OH is 1. The zero-order chi connectivity index (χ0) is 17.3. The van der Waals surface area contributed by atoms with Crippen molar-refractivity contribution in [2.75, 3.05) is 6.54 Å². The molecule has 0 aliphatic heterocycles. The molecule has 0 radical (unpaired) electrons. The van der Waals surface area contributed by atoms with Crippen LogP contribution < -0.4 is 4.72 Å². The van der Waals surface area contributed by atoms with Crippen LogP contribution in [-0.2, 0) is 16.2 Å². The fourth-order valence-electron chi connectivity index (χ4n) is 1.91. The van der Waals surface area contributed by atoms with E-state index in [1.807, 2.05) is 0 Å². The van der Waals surface area contributed by atoms with E-state index in [1.165, 1.54) is 11.3 Å². The van der Waals surface area contributed by atoms with Gasteiger partial charge in [-0.25, -0.2) is 13.1 Å². The molecule has 0 saturated carbocycles. The van der Waals surface area contributed by atoms with Crippen LogP contribution in [0.1, 0.15) is 22.1 Å². The lowest BCUT2D eigenvalue weighted by molar-refractivity contribution is -0.137. The van der Waals surface area contributed by atoms with Crippen molar-refractivity contribution in [1.82, 2.24) is 4.72 Å². The summed E-state index contributed by atoms with van der Waals surface area (Å²) in [5.74, 6) is 0. The van der Waals surface area contributed by atoms with Crippen LogP contribution in [0.5, 0.6) is 0 Å². The van der Waals surface area contributed by atoms with E-state index in [4.69, 9.17) is 0 Å². The Balaban J connectivity index is 2.09. The molecule has 126 valence electrons. The molecule has 4 nitrogen and oxygen atoms in total. The van der Waals surface area contributed by atoms with Gasteiger partial charge in [0.05, 0.1) is 10.5 Å². The molecule has 9 heteroatoms. The number of benzene rings is 1. The Morgan fingerprint density at radius 3 is 2.30 bits per heavy atom. The number of rotatable bonds is 5. The second kappa shape index (κ2) is 6.60. The molecule has 1 aromatic carbocycles. The van der Waals surface area contributed by atoms with E-state index in [1.54, 1.807) is 18.4 Å². The summed E-state index contributed by atoms with van der Waals surface area (Å²) in [7, 11) is -3.99. The fraction of sp³-hybridized carbons (Fsp3) is 0.286. The van der Waals surface area contributed by atoms with Crippen molar-refractivity contribution in [3.8, 4) is 0 Å². The Bertz CT molecular complexity index is 767. The summed E-state index contributed by atoms with van der Waals surface area (Å²) in [6.45, 7) is 1.53. The number of hydrogen-bond donors (Lipinski definition) is 2. The predicted octanol–water partition coefficient (Wildman–Crippen LogP) is 3.09. The first-order valence-electron chi connectivity index (χ1n) is 6.50. The monoisotopic (exact) mass is 365 g/mol. The second-order valence-electron chi connectivity index (χ2n) is 4.86. The lowest BCUT2D eigenvalue weighted by Gasteiger charge is -2.13. The lowest BCUT2D eigenvalue weighted by atomic mass is 10.2. The highest BCUT2D eigenvalue weighted by Gasteiger charge is 2.30. The van der Waals surface area contributed by atoms with Crippen molar-refractivity contribution in [2.45, 2.75) is 24.1 Å². The number of aliphatic hydroxyl groups is 1. The zero-order valence-electron chi connectivity index (χ0n) is 12.0. The minimum atomic E-state index is -4.53. The van der Waals surface area contributed by atoms with E-state index in [0.717, 1.165) is 17.7 Å². The topological polar surface area (TPSA) is 66.4 Å². The molecule has 0 aliphatic carbocycles. The van der Waals surface area contributed by atoms with Gasteiger partial charge in [0.2, 0.25) is 10.0 Å². The van der Waals surface area contributed by atoms with E-state index in [2.05, 4.69) is 4.72 Å². The highest BCUT2D eigenvalue weighted by atomic mass is 32.2. The van der Waals surface area contributed by atoms with Gasteiger partial charge in [-0.1, -0.05) is 0 Å². The normalized spacial score (nSPS) is 14.0. The maximum atomic E-state index is 12.5. The molecule has 1 unspecified atom stereocenters. The third-order valence-corrected chi connectivity index (χ3v) is 5.72. The van der Waals surface area contributed by atoms with Gasteiger partial charge in [-0.3, -0.25) is 0 Å². The molecule has 0 aliphatic rings. The van der Waals surface area contributed by atoms with Gasteiger partial charge in [0.1, 0.15) is 6.10 Å². The lowest BCUT2D eigenvalue weighted by Crippen LogP contribution is -2.28. The number of halogens is 3. The number of alkyl halides is 3. The minimum absolute atomic E-state index is 0.259. The van der Waals surface area contributed by atoms with E-state index in [-0.39, 0.29) is 11.4 Å². The van der Waals surface area contributed by atoms with Crippen LogP contribution in [0.4, 0.5) is 13.2 Å². The quantitative estimate of drug-likeness (QED) is 0.856. The molecular weight excluding hydrogens is 351 g/mol. The second-order valence-corrected chi connectivity index (χ2v) is 7.57. The molecule has 0 spiro atoms. The fourth-order valence-corrected chi connectivity index (χ4v) is 3.87. The first kappa shape index (κ1) is 17.9. The average molecular weight is 365 g/mol. The summed E-state index contributed by atoms with van der Waals surface area (Å²) in [6.07, 6.45) is -5.54. The molecule has 0 amide bonds. The minimum Gasteiger partial charge on any atom is -0.386 e. The van der Waals surface area contributed by atoms with Crippen LogP contribution in [0.2, 0.25) is 0 Å². The Morgan fingerprint density at radius 2 is 1.83 bits per heavy atom. The van der Waals surface area contributed by atoms with E-state index in [9.17, 15) is 26.7 Å². The predicted molar refractivity (Wildman–Crippen MR) is 80.6 cm³/mol. The molecule has 1 heterocycles. The Kier molecular flexibility index (Phi) is 5.14. The summed E-state index contributed by atoms with van der Waals surface area (Å²) in [5.41, 5.74) is -0.0816.